The maximum atomic E-state index is 11.9. The van der Waals surface area contributed by atoms with Crippen molar-refractivity contribution < 1.29 is 9.72 Å². The first kappa shape index (κ1) is 19.5. The molecule has 8 nitrogen and oxygen atoms in total. The van der Waals surface area contributed by atoms with E-state index in [9.17, 15) is 14.9 Å². The quantitative estimate of drug-likeness (QED) is 0.274. The Labute approximate surface area is 155 Å². The summed E-state index contributed by atoms with van der Waals surface area (Å²) >= 11 is 1.22. The predicted molar refractivity (Wildman–Crippen MR) is 100 cm³/mol. The smallest absolute Gasteiger partial charge is 0.272 e. The van der Waals surface area contributed by atoms with E-state index in [1.165, 1.54) is 17.8 Å². The fourth-order valence-electron chi connectivity index (χ4n) is 2.16. The van der Waals surface area contributed by atoms with Crippen molar-refractivity contribution in [1.82, 2.24) is 15.4 Å². The van der Waals surface area contributed by atoms with E-state index in [2.05, 4.69) is 20.5 Å². The first-order valence-corrected chi connectivity index (χ1v) is 8.78. The van der Waals surface area contributed by atoms with Gasteiger partial charge in [-0.05, 0) is 33.8 Å². The third kappa shape index (κ3) is 5.35. The number of aryl methyl sites for hydroxylation is 3. The Bertz CT molecular complexity index is 862. The maximum absolute atomic E-state index is 11.9. The molecule has 0 aliphatic rings. The molecule has 0 atom stereocenters. The first-order chi connectivity index (χ1) is 12.3. The molecule has 26 heavy (non-hydrogen) atoms. The Balaban J connectivity index is 1.98. The van der Waals surface area contributed by atoms with Gasteiger partial charge in [0.05, 0.1) is 16.4 Å². The Hall–Kier alpha value is -2.81. The number of hydrogen-bond donors (Lipinski definition) is 1. The van der Waals surface area contributed by atoms with Crippen molar-refractivity contribution in [2.75, 3.05) is 5.75 Å². The van der Waals surface area contributed by atoms with Crippen LogP contribution in [0.3, 0.4) is 0 Å². The lowest BCUT2D eigenvalue weighted by Crippen LogP contribution is -2.21. The van der Waals surface area contributed by atoms with Gasteiger partial charge in [0.1, 0.15) is 0 Å². The number of nitro groups is 1. The lowest BCUT2D eigenvalue weighted by atomic mass is 10.1. The van der Waals surface area contributed by atoms with Crippen LogP contribution < -0.4 is 5.43 Å². The van der Waals surface area contributed by atoms with E-state index in [1.807, 2.05) is 19.9 Å². The molecule has 0 aliphatic carbocycles. The summed E-state index contributed by atoms with van der Waals surface area (Å²) in [5, 5.41) is 15.6. The first-order valence-electron chi connectivity index (χ1n) is 7.80. The zero-order valence-electron chi connectivity index (χ0n) is 14.9. The predicted octanol–water partition coefficient (Wildman–Crippen LogP) is 2.94. The molecule has 0 fully saturated rings. The number of rotatable bonds is 6. The number of nitro benzene ring substituents is 1. The molecule has 0 saturated heterocycles. The molecule has 1 amide bonds. The number of benzene rings is 1. The molecule has 0 spiro atoms. The third-order valence-electron chi connectivity index (χ3n) is 3.47. The largest absolute Gasteiger partial charge is 0.272 e. The van der Waals surface area contributed by atoms with E-state index < -0.39 is 4.92 Å². The number of hydrogen-bond acceptors (Lipinski definition) is 7. The van der Waals surface area contributed by atoms with Gasteiger partial charge in [0.2, 0.25) is 0 Å². The number of aromatic nitrogens is 2. The zero-order valence-corrected chi connectivity index (χ0v) is 15.8. The summed E-state index contributed by atoms with van der Waals surface area (Å²) < 4.78 is 0. The average Bonchev–Trinajstić information content (AvgIpc) is 2.57. The minimum Gasteiger partial charge on any atom is -0.272 e. The molecule has 2 rings (SSSR count). The summed E-state index contributed by atoms with van der Waals surface area (Å²) in [5.74, 6) is -0.188. The number of carbonyl (C=O) groups excluding carboxylic acids is 1. The monoisotopic (exact) mass is 373 g/mol. The molecule has 0 aliphatic heterocycles. The minimum absolute atomic E-state index is 0.0194. The Morgan fingerprint density at radius 2 is 1.88 bits per heavy atom. The van der Waals surface area contributed by atoms with E-state index in [4.69, 9.17) is 0 Å². The van der Waals surface area contributed by atoms with Crippen LogP contribution in [0, 0.1) is 30.9 Å². The van der Waals surface area contributed by atoms with E-state index in [0.717, 1.165) is 11.4 Å². The van der Waals surface area contributed by atoms with Crippen molar-refractivity contribution in [1.29, 1.82) is 0 Å². The van der Waals surface area contributed by atoms with Gasteiger partial charge in [0.25, 0.3) is 11.6 Å². The normalized spacial score (nSPS) is 11.3. The Morgan fingerprint density at radius 3 is 2.50 bits per heavy atom. The van der Waals surface area contributed by atoms with E-state index in [1.54, 1.807) is 26.0 Å². The molecule has 1 heterocycles. The summed E-state index contributed by atoms with van der Waals surface area (Å²) in [6, 6.07) is 6.68. The van der Waals surface area contributed by atoms with Crippen LogP contribution >= 0.6 is 11.8 Å². The third-order valence-corrected chi connectivity index (χ3v) is 4.31. The molecule has 1 N–H and O–H groups in total. The van der Waals surface area contributed by atoms with Gasteiger partial charge in [-0.25, -0.2) is 15.4 Å². The fourth-order valence-corrected chi connectivity index (χ4v) is 2.90. The van der Waals surface area contributed by atoms with Crippen LogP contribution in [-0.4, -0.2) is 32.3 Å². The van der Waals surface area contributed by atoms with Crippen LogP contribution in [0.5, 0.6) is 0 Å². The molecule has 1 aromatic heterocycles. The average molecular weight is 373 g/mol. The van der Waals surface area contributed by atoms with Crippen LogP contribution in [0.15, 0.2) is 34.5 Å². The SMILES string of the molecule is C/C(=N\NC(=O)CSc1nc(C)cc(C)n1)c1ccc(C)c([N+](=O)[O-])c1. The second-order valence-electron chi connectivity index (χ2n) is 5.71. The highest BCUT2D eigenvalue weighted by Crippen LogP contribution is 2.19. The highest BCUT2D eigenvalue weighted by Gasteiger charge is 2.12. The lowest BCUT2D eigenvalue weighted by molar-refractivity contribution is -0.385. The maximum Gasteiger partial charge on any atom is 0.272 e. The standard InChI is InChI=1S/C17H19N5O3S/c1-10-5-6-14(8-15(10)22(24)25)13(4)20-21-16(23)9-26-17-18-11(2)7-12(3)19-17/h5-8H,9H2,1-4H3,(H,21,23)/b20-13+. The summed E-state index contributed by atoms with van der Waals surface area (Å²) in [7, 11) is 0. The van der Waals surface area contributed by atoms with E-state index >= 15 is 0 Å². The highest BCUT2D eigenvalue weighted by molar-refractivity contribution is 7.99. The lowest BCUT2D eigenvalue weighted by Gasteiger charge is -2.05. The molecule has 1 aromatic carbocycles. The molecule has 9 heteroatoms. The van der Waals surface area contributed by atoms with Crippen LogP contribution in [0.1, 0.15) is 29.4 Å². The van der Waals surface area contributed by atoms with Crippen LogP contribution in [-0.2, 0) is 4.79 Å². The zero-order chi connectivity index (χ0) is 19.3. The molecular formula is C17H19N5O3S. The van der Waals surface area contributed by atoms with Gasteiger partial charge in [-0.15, -0.1) is 0 Å². The number of hydrazone groups is 1. The minimum atomic E-state index is -0.439. The molecular weight excluding hydrogens is 354 g/mol. The van der Waals surface area contributed by atoms with Gasteiger partial charge in [0, 0.05) is 28.6 Å². The molecule has 0 unspecified atom stereocenters. The van der Waals surface area contributed by atoms with E-state index in [-0.39, 0.29) is 17.3 Å². The highest BCUT2D eigenvalue weighted by atomic mass is 32.2. The molecule has 0 saturated carbocycles. The summed E-state index contributed by atoms with van der Waals surface area (Å²) in [6.45, 7) is 7.08. The van der Waals surface area contributed by atoms with Crippen molar-refractivity contribution in [3.63, 3.8) is 0 Å². The van der Waals surface area contributed by atoms with Gasteiger partial charge in [0.15, 0.2) is 5.16 Å². The number of nitrogens with one attached hydrogen (secondary N) is 1. The summed E-state index contributed by atoms with van der Waals surface area (Å²) in [4.78, 5) is 31.0. The van der Waals surface area contributed by atoms with Crippen molar-refractivity contribution in [3.8, 4) is 0 Å². The molecule has 2 aromatic rings. The summed E-state index contributed by atoms with van der Waals surface area (Å²) in [6.07, 6.45) is 0. The fraction of sp³-hybridized carbons (Fsp3) is 0.294. The van der Waals surface area contributed by atoms with Gasteiger partial charge in [-0.3, -0.25) is 14.9 Å². The van der Waals surface area contributed by atoms with E-state index in [0.29, 0.717) is 22.0 Å². The van der Waals surface area contributed by atoms with Gasteiger partial charge in [-0.2, -0.15) is 5.10 Å². The second-order valence-corrected chi connectivity index (χ2v) is 6.66. The number of amides is 1. The van der Waals surface area contributed by atoms with Crippen LogP contribution in [0.25, 0.3) is 0 Å². The van der Waals surface area contributed by atoms with Crippen molar-refractivity contribution in [2.24, 2.45) is 5.10 Å². The Morgan fingerprint density at radius 1 is 1.23 bits per heavy atom. The summed E-state index contributed by atoms with van der Waals surface area (Å²) in [5.41, 5.74) is 5.78. The van der Waals surface area contributed by atoms with Gasteiger partial charge in [-0.1, -0.05) is 23.9 Å². The number of nitrogens with zero attached hydrogens (tertiary/aromatic N) is 4. The second kappa shape index (κ2) is 8.52. The molecule has 0 bridgehead atoms. The van der Waals surface area contributed by atoms with Crippen molar-refractivity contribution in [3.05, 3.63) is 56.9 Å². The van der Waals surface area contributed by atoms with Crippen LogP contribution in [0.2, 0.25) is 0 Å². The number of carbonyl (C=O) groups is 1. The molecule has 0 radical (unpaired) electrons. The Kier molecular flexibility index (Phi) is 6.40. The van der Waals surface area contributed by atoms with Crippen LogP contribution in [0.4, 0.5) is 5.69 Å². The van der Waals surface area contributed by atoms with Crippen molar-refractivity contribution in [2.45, 2.75) is 32.9 Å². The molecule has 136 valence electrons. The van der Waals surface area contributed by atoms with Crippen molar-refractivity contribution >= 4 is 29.1 Å². The number of thioether (sulfide) groups is 1. The van der Waals surface area contributed by atoms with Gasteiger partial charge >= 0.3 is 0 Å². The topological polar surface area (TPSA) is 110 Å². The van der Waals surface area contributed by atoms with Gasteiger partial charge < -0.3 is 0 Å².